The maximum Gasteiger partial charge on any atom is 0.247 e. The van der Waals surface area contributed by atoms with Crippen molar-refractivity contribution >= 4 is 23.6 Å². The fourth-order valence-corrected chi connectivity index (χ4v) is 2.96. The molecule has 0 spiro atoms. The molecule has 1 N–H and O–H groups in total. The Morgan fingerprint density at radius 3 is 2.50 bits per heavy atom. The second kappa shape index (κ2) is 10.3. The molecule has 0 fully saturated rings. The zero-order valence-electron chi connectivity index (χ0n) is 17.2. The lowest BCUT2D eigenvalue weighted by Crippen LogP contribution is -2.36. The average molecular weight is 410 g/mol. The molecule has 158 valence electrons. The second-order valence-corrected chi connectivity index (χ2v) is 6.59. The largest absolute Gasteiger partial charge is 0.494 e. The number of hydrogen-bond donors (Lipinski definition) is 1. The van der Waals surface area contributed by atoms with Gasteiger partial charge >= 0.3 is 0 Å². The zero-order valence-corrected chi connectivity index (χ0v) is 17.2. The number of likely N-dealkylation sites (N-methyl/N-ethyl adjacent to an activating group) is 1. The average Bonchev–Trinajstić information content (AvgIpc) is 2.77. The maximum atomic E-state index is 12.5. The van der Waals surface area contributed by atoms with Crippen molar-refractivity contribution in [1.29, 1.82) is 0 Å². The lowest BCUT2D eigenvalue weighted by molar-refractivity contribution is -0.130. The Morgan fingerprint density at radius 2 is 1.80 bits per heavy atom. The van der Waals surface area contributed by atoms with E-state index in [1.54, 1.807) is 24.3 Å². The molecule has 7 nitrogen and oxygen atoms in total. The molecule has 0 aliphatic carbocycles. The monoisotopic (exact) mass is 410 g/mol. The first-order chi connectivity index (χ1) is 14.6. The molecule has 2 aromatic rings. The molecule has 3 rings (SSSR count). The molecule has 0 saturated carbocycles. The summed E-state index contributed by atoms with van der Waals surface area (Å²) in [4.78, 5) is 26.4. The summed E-state index contributed by atoms with van der Waals surface area (Å²) >= 11 is 0. The summed E-state index contributed by atoms with van der Waals surface area (Å²) in [6.07, 6.45) is 3.19. The highest BCUT2D eigenvalue weighted by molar-refractivity contribution is 5.98. The van der Waals surface area contributed by atoms with Crippen LogP contribution in [0.5, 0.6) is 17.2 Å². The minimum absolute atomic E-state index is 0.0443. The van der Waals surface area contributed by atoms with Crippen LogP contribution in [-0.4, -0.2) is 49.6 Å². The van der Waals surface area contributed by atoms with Gasteiger partial charge in [0.05, 0.1) is 6.61 Å². The Morgan fingerprint density at radius 1 is 1.07 bits per heavy atom. The van der Waals surface area contributed by atoms with E-state index in [1.807, 2.05) is 38.1 Å². The molecule has 0 atom stereocenters. The summed E-state index contributed by atoms with van der Waals surface area (Å²) in [5, 5.41) is 2.80. The molecular weight excluding hydrogens is 384 g/mol. The normalized spacial score (nSPS) is 12.5. The van der Waals surface area contributed by atoms with Gasteiger partial charge in [-0.25, -0.2) is 0 Å². The van der Waals surface area contributed by atoms with Crippen LogP contribution in [0.1, 0.15) is 19.4 Å². The second-order valence-electron chi connectivity index (χ2n) is 6.59. The van der Waals surface area contributed by atoms with Crippen LogP contribution in [-0.2, 0) is 9.59 Å². The van der Waals surface area contributed by atoms with Crippen molar-refractivity contribution in [3.63, 3.8) is 0 Å². The van der Waals surface area contributed by atoms with E-state index >= 15 is 0 Å². The predicted molar refractivity (Wildman–Crippen MR) is 115 cm³/mol. The fraction of sp³-hybridized carbons (Fsp3) is 0.304. The van der Waals surface area contributed by atoms with Crippen molar-refractivity contribution in [2.24, 2.45) is 0 Å². The van der Waals surface area contributed by atoms with E-state index in [9.17, 15) is 9.59 Å². The molecule has 2 aromatic carbocycles. The first-order valence-electron chi connectivity index (χ1n) is 9.98. The van der Waals surface area contributed by atoms with E-state index in [-0.39, 0.29) is 18.4 Å². The summed E-state index contributed by atoms with van der Waals surface area (Å²) in [5.74, 6) is 1.52. The Balaban J connectivity index is 1.55. The number of anilines is 1. The van der Waals surface area contributed by atoms with E-state index in [1.165, 1.54) is 11.0 Å². The molecule has 0 radical (unpaired) electrons. The number of amides is 2. The smallest absolute Gasteiger partial charge is 0.247 e. The van der Waals surface area contributed by atoms with Crippen LogP contribution in [0.15, 0.2) is 48.5 Å². The third kappa shape index (κ3) is 5.76. The molecule has 0 bridgehead atoms. The highest BCUT2D eigenvalue weighted by Gasteiger charge is 2.16. The van der Waals surface area contributed by atoms with Crippen molar-refractivity contribution in [2.45, 2.75) is 13.8 Å². The Hall–Kier alpha value is -3.48. The Kier molecular flexibility index (Phi) is 7.32. The number of nitrogens with one attached hydrogen (secondary N) is 1. The number of carbonyl (C=O) groups is 2. The van der Waals surface area contributed by atoms with Crippen LogP contribution in [0.3, 0.4) is 0 Å². The summed E-state index contributed by atoms with van der Waals surface area (Å²) in [6, 6.07) is 12.7. The van der Waals surface area contributed by atoms with Crippen molar-refractivity contribution < 1.29 is 23.8 Å². The van der Waals surface area contributed by atoms with E-state index in [0.717, 1.165) is 11.3 Å². The molecule has 1 heterocycles. The molecule has 2 amide bonds. The van der Waals surface area contributed by atoms with Crippen LogP contribution in [0.2, 0.25) is 0 Å². The molecule has 7 heteroatoms. The SMILES string of the molecule is CCOc1ccc(/C=C/C(=O)N(CC)CC(=O)Nc2ccc3c(c2)OCCO3)cc1. The van der Waals surface area contributed by atoms with Gasteiger partial charge in [-0.3, -0.25) is 9.59 Å². The van der Waals surface area contributed by atoms with E-state index < -0.39 is 0 Å². The molecule has 1 aliphatic heterocycles. The van der Waals surface area contributed by atoms with Gasteiger partial charge in [0.1, 0.15) is 25.5 Å². The van der Waals surface area contributed by atoms with Gasteiger partial charge in [-0.2, -0.15) is 0 Å². The minimum Gasteiger partial charge on any atom is -0.494 e. The first kappa shape index (κ1) is 21.2. The van der Waals surface area contributed by atoms with Gasteiger partial charge in [-0.1, -0.05) is 12.1 Å². The standard InChI is InChI=1S/C23H26N2O5/c1-3-25(23(27)12-7-17-5-9-19(10-6-17)28-4-2)16-22(26)24-18-8-11-20-21(15-18)30-14-13-29-20/h5-12,15H,3-4,13-14,16H2,1-2H3,(H,24,26)/b12-7+. The lowest BCUT2D eigenvalue weighted by atomic mass is 10.2. The molecule has 0 aromatic heterocycles. The number of rotatable bonds is 8. The lowest BCUT2D eigenvalue weighted by Gasteiger charge is -2.20. The van der Waals surface area contributed by atoms with Crippen LogP contribution < -0.4 is 19.5 Å². The van der Waals surface area contributed by atoms with Gasteiger partial charge in [-0.15, -0.1) is 0 Å². The van der Waals surface area contributed by atoms with Gasteiger partial charge in [0, 0.05) is 24.4 Å². The molecule has 1 aliphatic rings. The van der Waals surface area contributed by atoms with Crippen LogP contribution >= 0.6 is 0 Å². The van der Waals surface area contributed by atoms with Crippen molar-refractivity contribution in [1.82, 2.24) is 4.90 Å². The third-order valence-electron chi connectivity index (χ3n) is 4.46. The number of benzene rings is 2. The summed E-state index contributed by atoms with van der Waals surface area (Å²) < 4.78 is 16.4. The number of fused-ring (bicyclic) bond motifs is 1. The summed E-state index contributed by atoms with van der Waals surface area (Å²) in [6.45, 7) is 5.72. The van der Waals surface area contributed by atoms with Crippen LogP contribution in [0.4, 0.5) is 5.69 Å². The molecule has 30 heavy (non-hydrogen) atoms. The van der Waals surface area contributed by atoms with Crippen molar-refractivity contribution in [2.75, 3.05) is 38.2 Å². The summed E-state index contributed by atoms with van der Waals surface area (Å²) in [7, 11) is 0. The Labute approximate surface area is 176 Å². The van der Waals surface area contributed by atoms with Crippen LogP contribution in [0, 0.1) is 0 Å². The number of nitrogens with zero attached hydrogens (tertiary/aromatic N) is 1. The van der Waals surface area contributed by atoms with E-state index in [0.29, 0.717) is 43.6 Å². The number of carbonyl (C=O) groups excluding carboxylic acids is 2. The summed E-state index contributed by atoms with van der Waals surface area (Å²) in [5.41, 5.74) is 1.47. The third-order valence-corrected chi connectivity index (χ3v) is 4.46. The van der Waals surface area contributed by atoms with Crippen LogP contribution in [0.25, 0.3) is 6.08 Å². The van der Waals surface area contributed by atoms with Gasteiger partial charge in [0.2, 0.25) is 11.8 Å². The zero-order chi connectivity index (χ0) is 21.3. The number of hydrogen-bond acceptors (Lipinski definition) is 5. The van der Waals surface area contributed by atoms with Gasteiger partial charge in [0.15, 0.2) is 11.5 Å². The quantitative estimate of drug-likeness (QED) is 0.676. The maximum absolute atomic E-state index is 12.5. The van der Waals surface area contributed by atoms with E-state index in [4.69, 9.17) is 14.2 Å². The topological polar surface area (TPSA) is 77.1 Å². The molecule has 0 unspecified atom stereocenters. The van der Waals surface area contributed by atoms with Crippen molar-refractivity contribution in [3.8, 4) is 17.2 Å². The van der Waals surface area contributed by atoms with Gasteiger partial charge in [0.25, 0.3) is 0 Å². The minimum atomic E-state index is -0.281. The first-order valence-corrected chi connectivity index (χ1v) is 9.98. The fourth-order valence-electron chi connectivity index (χ4n) is 2.96. The Bertz CT molecular complexity index is 908. The van der Waals surface area contributed by atoms with Crippen molar-refractivity contribution in [3.05, 3.63) is 54.1 Å². The molecular formula is C23H26N2O5. The predicted octanol–water partition coefficient (Wildman–Crippen LogP) is 3.36. The number of ether oxygens (including phenoxy) is 3. The highest BCUT2D eigenvalue weighted by atomic mass is 16.6. The molecule has 0 saturated heterocycles. The van der Waals surface area contributed by atoms with Gasteiger partial charge < -0.3 is 24.4 Å². The highest BCUT2D eigenvalue weighted by Crippen LogP contribution is 2.32. The van der Waals surface area contributed by atoms with E-state index in [2.05, 4.69) is 5.32 Å². The van der Waals surface area contributed by atoms with Gasteiger partial charge in [-0.05, 0) is 49.8 Å².